The molecular weight excluding hydrogens is 290 g/mol. The molecule has 0 bridgehead atoms. The molecular formula is C18H23N3O2. The molecule has 0 aliphatic heterocycles. The van der Waals surface area contributed by atoms with Crippen LogP contribution in [0.1, 0.15) is 44.6 Å². The van der Waals surface area contributed by atoms with Gasteiger partial charge < -0.3 is 10.2 Å². The lowest BCUT2D eigenvalue weighted by Crippen LogP contribution is -2.40. The zero-order valence-electron chi connectivity index (χ0n) is 13.5. The van der Waals surface area contributed by atoms with Crippen LogP contribution in [0.2, 0.25) is 0 Å². The predicted molar refractivity (Wildman–Crippen MR) is 88.8 cm³/mol. The van der Waals surface area contributed by atoms with Gasteiger partial charge in [-0.3, -0.25) is 9.59 Å². The zero-order chi connectivity index (χ0) is 16.7. The molecule has 2 amide bonds. The van der Waals surface area contributed by atoms with Crippen LogP contribution in [0.15, 0.2) is 24.3 Å². The molecule has 1 aliphatic rings. The molecule has 0 heterocycles. The van der Waals surface area contributed by atoms with Crippen molar-refractivity contribution in [3.63, 3.8) is 0 Å². The number of hydrogen-bond acceptors (Lipinski definition) is 3. The Labute approximate surface area is 137 Å². The molecule has 1 N–H and O–H groups in total. The monoisotopic (exact) mass is 313 g/mol. The van der Waals surface area contributed by atoms with Gasteiger partial charge in [0.25, 0.3) is 0 Å². The first-order valence-corrected chi connectivity index (χ1v) is 8.18. The van der Waals surface area contributed by atoms with E-state index < -0.39 is 0 Å². The van der Waals surface area contributed by atoms with Crippen LogP contribution in [0, 0.1) is 17.2 Å². The van der Waals surface area contributed by atoms with Crippen LogP contribution in [0.4, 0.5) is 5.69 Å². The van der Waals surface area contributed by atoms with Crippen molar-refractivity contribution in [2.75, 3.05) is 18.0 Å². The fourth-order valence-corrected chi connectivity index (χ4v) is 2.98. The van der Waals surface area contributed by atoms with Crippen molar-refractivity contribution in [2.45, 2.75) is 39.0 Å². The molecule has 2 rings (SSSR count). The zero-order valence-corrected chi connectivity index (χ0v) is 13.5. The average molecular weight is 313 g/mol. The molecule has 23 heavy (non-hydrogen) atoms. The molecule has 5 heteroatoms. The summed E-state index contributed by atoms with van der Waals surface area (Å²) in [6.45, 7) is 2.37. The highest BCUT2D eigenvalue weighted by atomic mass is 16.2. The number of nitriles is 1. The summed E-state index contributed by atoms with van der Waals surface area (Å²) < 4.78 is 0. The SMILES string of the molecule is CC(=O)N(CCNC(=O)C1CCCCC1)c1ccc(C#N)cc1. The summed E-state index contributed by atoms with van der Waals surface area (Å²) in [5, 5.41) is 11.8. The van der Waals surface area contributed by atoms with Gasteiger partial charge in [-0.15, -0.1) is 0 Å². The number of amides is 2. The first-order valence-electron chi connectivity index (χ1n) is 8.18. The number of nitrogens with zero attached hydrogens (tertiary/aromatic N) is 2. The summed E-state index contributed by atoms with van der Waals surface area (Å²) in [7, 11) is 0. The van der Waals surface area contributed by atoms with E-state index in [1.807, 2.05) is 0 Å². The number of nitrogens with one attached hydrogen (secondary N) is 1. The molecule has 0 atom stereocenters. The topological polar surface area (TPSA) is 73.2 Å². The van der Waals surface area contributed by atoms with Crippen LogP contribution in [0.5, 0.6) is 0 Å². The minimum atomic E-state index is -0.0818. The van der Waals surface area contributed by atoms with Gasteiger partial charge in [-0.1, -0.05) is 19.3 Å². The lowest BCUT2D eigenvalue weighted by Gasteiger charge is -2.24. The summed E-state index contributed by atoms with van der Waals surface area (Å²) in [5.41, 5.74) is 1.30. The predicted octanol–water partition coefficient (Wildman–Crippen LogP) is 2.61. The number of carbonyl (C=O) groups excluding carboxylic acids is 2. The summed E-state index contributed by atoms with van der Waals surface area (Å²) in [6.07, 6.45) is 5.42. The van der Waals surface area contributed by atoms with Crippen LogP contribution >= 0.6 is 0 Å². The molecule has 1 aromatic rings. The molecule has 1 saturated carbocycles. The highest BCUT2D eigenvalue weighted by Crippen LogP contribution is 2.23. The Morgan fingerprint density at radius 2 is 1.87 bits per heavy atom. The molecule has 0 aromatic heterocycles. The summed E-state index contributed by atoms with van der Waals surface area (Å²) in [5.74, 6) is 0.152. The van der Waals surface area contributed by atoms with Gasteiger partial charge in [-0.05, 0) is 37.1 Å². The van der Waals surface area contributed by atoms with Gasteiger partial charge in [0.15, 0.2) is 0 Å². The quantitative estimate of drug-likeness (QED) is 0.908. The number of carbonyl (C=O) groups is 2. The van der Waals surface area contributed by atoms with E-state index in [1.165, 1.54) is 13.3 Å². The molecule has 1 fully saturated rings. The summed E-state index contributed by atoms with van der Waals surface area (Å²) >= 11 is 0. The van der Waals surface area contributed by atoms with Gasteiger partial charge in [0.1, 0.15) is 0 Å². The Morgan fingerprint density at radius 3 is 2.43 bits per heavy atom. The number of benzene rings is 1. The molecule has 1 aliphatic carbocycles. The van der Waals surface area contributed by atoms with Crippen LogP contribution in [-0.4, -0.2) is 24.9 Å². The molecule has 0 unspecified atom stereocenters. The van der Waals surface area contributed by atoms with Gasteiger partial charge in [0, 0.05) is 31.6 Å². The minimum Gasteiger partial charge on any atom is -0.354 e. The van der Waals surface area contributed by atoms with E-state index in [0.717, 1.165) is 31.4 Å². The van der Waals surface area contributed by atoms with Crippen molar-refractivity contribution in [3.05, 3.63) is 29.8 Å². The Kier molecular flexibility index (Phi) is 6.16. The first kappa shape index (κ1) is 17.0. The van der Waals surface area contributed by atoms with E-state index in [4.69, 9.17) is 5.26 Å². The molecule has 122 valence electrons. The Bertz CT molecular complexity index is 583. The van der Waals surface area contributed by atoms with E-state index in [2.05, 4.69) is 11.4 Å². The number of rotatable bonds is 5. The second-order valence-corrected chi connectivity index (χ2v) is 5.96. The normalized spacial score (nSPS) is 14.8. The smallest absolute Gasteiger partial charge is 0.223 e. The third kappa shape index (κ3) is 4.82. The fourth-order valence-electron chi connectivity index (χ4n) is 2.98. The average Bonchev–Trinajstić information content (AvgIpc) is 2.59. The fraction of sp³-hybridized carbons (Fsp3) is 0.500. The maximum absolute atomic E-state index is 12.1. The first-order chi connectivity index (χ1) is 11.1. The maximum atomic E-state index is 12.1. The summed E-state index contributed by atoms with van der Waals surface area (Å²) in [6, 6.07) is 8.93. The van der Waals surface area contributed by atoms with Crippen molar-refractivity contribution in [3.8, 4) is 6.07 Å². The van der Waals surface area contributed by atoms with Gasteiger partial charge in [-0.2, -0.15) is 5.26 Å². The van der Waals surface area contributed by atoms with E-state index in [9.17, 15) is 9.59 Å². The van der Waals surface area contributed by atoms with Crippen molar-refractivity contribution in [2.24, 2.45) is 5.92 Å². The number of anilines is 1. The van der Waals surface area contributed by atoms with Crippen LogP contribution in [-0.2, 0) is 9.59 Å². The second-order valence-electron chi connectivity index (χ2n) is 5.96. The van der Waals surface area contributed by atoms with Gasteiger partial charge in [-0.25, -0.2) is 0 Å². The van der Waals surface area contributed by atoms with E-state index >= 15 is 0 Å². The van der Waals surface area contributed by atoms with Crippen LogP contribution in [0.25, 0.3) is 0 Å². The molecule has 5 nitrogen and oxygen atoms in total. The molecule has 1 aromatic carbocycles. The lowest BCUT2D eigenvalue weighted by atomic mass is 9.89. The van der Waals surface area contributed by atoms with Gasteiger partial charge in [0.2, 0.25) is 11.8 Å². The largest absolute Gasteiger partial charge is 0.354 e. The lowest BCUT2D eigenvalue weighted by molar-refractivity contribution is -0.126. The molecule has 0 radical (unpaired) electrons. The standard InChI is InChI=1S/C18H23N3O2/c1-14(22)21(17-9-7-15(13-19)8-10-17)12-11-20-18(23)16-5-3-2-4-6-16/h7-10,16H,2-6,11-12H2,1H3,(H,20,23). The van der Waals surface area contributed by atoms with Crippen LogP contribution < -0.4 is 10.2 Å². The minimum absolute atomic E-state index is 0.0818. The van der Waals surface area contributed by atoms with Crippen molar-refractivity contribution >= 4 is 17.5 Å². The highest BCUT2D eigenvalue weighted by molar-refractivity contribution is 5.91. The maximum Gasteiger partial charge on any atom is 0.223 e. The highest BCUT2D eigenvalue weighted by Gasteiger charge is 2.21. The third-order valence-corrected chi connectivity index (χ3v) is 4.30. The van der Waals surface area contributed by atoms with Gasteiger partial charge in [0.05, 0.1) is 11.6 Å². The van der Waals surface area contributed by atoms with Crippen molar-refractivity contribution < 1.29 is 9.59 Å². The Morgan fingerprint density at radius 1 is 1.22 bits per heavy atom. The Balaban J connectivity index is 1.88. The second kappa shape index (κ2) is 8.33. The van der Waals surface area contributed by atoms with Gasteiger partial charge >= 0.3 is 0 Å². The Hall–Kier alpha value is -2.35. The van der Waals surface area contributed by atoms with E-state index in [-0.39, 0.29) is 17.7 Å². The van der Waals surface area contributed by atoms with E-state index in [0.29, 0.717) is 18.7 Å². The van der Waals surface area contributed by atoms with Crippen molar-refractivity contribution in [1.29, 1.82) is 5.26 Å². The number of hydrogen-bond donors (Lipinski definition) is 1. The molecule has 0 saturated heterocycles. The third-order valence-electron chi connectivity index (χ3n) is 4.30. The summed E-state index contributed by atoms with van der Waals surface area (Å²) in [4.78, 5) is 25.6. The molecule has 0 spiro atoms. The van der Waals surface area contributed by atoms with Crippen molar-refractivity contribution in [1.82, 2.24) is 5.32 Å². The van der Waals surface area contributed by atoms with E-state index in [1.54, 1.807) is 29.2 Å². The van der Waals surface area contributed by atoms with Crippen LogP contribution in [0.3, 0.4) is 0 Å².